The van der Waals surface area contributed by atoms with Crippen molar-refractivity contribution >= 4 is 12.1 Å². The second-order valence-corrected chi connectivity index (χ2v) is 6.87. The molecule has 2 atom stereocenters. The molecule has 0 saturated carbocycles. The van der Waals surface area contributed by atoms with E-state index in [4.69, 9.17) is 14.2 Å². The summed E-state index contributed by atoms with van der Waals surface area (Å²) in [7, 11) is 1.26. The van der Waals surface area contributed by atoms with E-state index in [-0.39, 0.29) is 13.0 Å². The van der Waals surface area contributed by atoms with E-state index in [0.29, 0.717) is 0 Å². The predicted molar refractivity (Wildman–Crippen MR) is 104 cm³/mol. The van der Waals surface area contributed by atoms with Crippen LogP contribution in [0.2, 0.25) is 0 Å². The molecule has 0 bridgehead atoms. The number of hydrogen-bond acceptors (Lipinski definition) is 5. The fourth-order valence-corrected chi connectivity index (χ4v) is 2.36. The summed E-state index contributed by atoms with van der Waals surface area (Å²) in [5.41, 5.74) is 0.182. The fourth-order valence-electron chi connectivity index (χ4n) is 2.36. The highest BCUT2D eigenvalue weighted by molar-refractivity contribution is 5.82. The van der Waals surface area contributed by atoms with E-state index in [9.17, 15) is 9.59 Å². The summed E-state index contributed by atoms with van der Waals surface area (Å²) in [4.78, 5) is 26.3. The lowest BCUT2D eigenvalue weighted by molar-refractivity contribution is -0.152. The lowest BCUT2D eigenvalue weighted by atomic mass is 10.1. The molecule has 2 unspecified atom stereocenters. The summed E-state index contributed by atoms with van der Waals surface area (Å²) >= 11 is 0. The van der Waals surface area contributed by atoms with E-state index in [0.717, 1.165) is 5.56 Å². The van der Waals surface area contributed by atoms with Crippen molar-refractivity contribution in [3.63, 3.8) is 0 Å². The first kappa shape index (κ1) is 22.4. The van der Waals surface area contributed by atoms with Crippen molar-refractivity contribution in [3.8, 4) is 0 Å². The summed E-state index contributed by atoms with van der Waals surface area (Å²) in [6.45, 7) is 12.9. The molecule has 0 N–H and O–H groups in total. The van der Waals surface area contributed by atoms with Crippen LogP contribution in [0.25, 0.3) is 0 Å². The molecule has 6 nitrogen and oxygen atoms in total. The maximum absolute atomic E-state index is 12.8. The van der Waals surface area contributed by atoms with Gasteiger partial charge in [0.1, 0.15) is 11.6 Å². The Kier molecular flexibility index (Phi) is 8.75. The number of rotatable bonds is 9. The van der Waals surface area contributed by atoms with Gasteiger partial charge in [-0.3, -0.25) is 4.90 Å². The van der Waals surface area contributed by atoms with Crippen LogP contribution in [0, 0.1) is 0 Å². The highest BCUT2D eigenvalue weighted by Gasteiger charge is 2.37. The molecule has 0 aliphatic rings. The molecule has 0 radical (unpaired) electrons. The molecule has 0 saturated heterocycles. The number of benzene rings is 1. The Morgan fingerprint density at radius 2 is 1.81 bits per heavy atom. The standard InChI is InChI=1S/C21H29NO5/c1-7-12-17(19(23)25-6)22(20(24)27-21(3,4)5)18(8-2)26-15-16-13-10-9-11-14-16/h7-11,13-14,17-18H,1-2,12,15H2,3-6H3. The molecule has 148 valence electrons. The number of amides is 1. The Bertz CT molecular complexity index is 636. The summed E-state index contributed by atoms with van der Waals surface area (Å²) < 4.78 is 16.2. The molecule has 0 aromatic heterocycles. The average molecular weight is 375 g/mol. The third-order valence-electron chi connectivity index (χ3n) is 3.54. The van der Waals surface area contributed by atoms with Crippen LogP contribution in [0.4, 0.5) is 4.79 Å². The molecule has 0 fully saturated rings. The number of carbonyl (C=O) groups excluding carboxylic acids is 2. The lowest BCUT2D eigenvalue weighted by Gasteiger charge is -2.35. The van der Waals surface area contributed by atoms with Gasteiger partial charge in [0.2, 0.25) is 0 Å². The minimum Gasteiger partial charge on any atom is -0.467 e. The molecule has 1 aromatic rings. The average Bonchev–Trinajstić information content (AvgIpc) is 2.62. The first-order valence-electron chi connectivity index (χ1n) is 8.71. The van der Waals surface area contributed by atoms with Crippen LogP contribution in [0.3, 0.4) is 0 Å². The van der Waals surface area contributed by atoms with Gasteiger partial charge in [-0.2, -0.15) is 0 Å². The maximum atomic E-state index is 12.8. The second-order valence-electron chi connectivity index (χ2n) is 6.87. The van der Waals surface area contributed by atoms with Crippen LogP contribution in [0.1, 0.15) is 32.8 Å². The monoisotopic (exact) mass is 375 g/mol. The van der Waals surface area contributed by atoms with Crippen molar-refractivity contribution in [1.29, 1.82) is 0 Å². The van der Waals surface area contributed by atoms with Crippen molar-refractivity contribution in [3.05, 3.63) is 61.2 Å². The highest BCUT2D eigenvalue weighted by Crippen LogP contribution is 2.20. The van der Waals surface area contributed by atoms with Crippen molar-refractivity contribution in [1.82, 2.24) is 4.90 Å². The van der Waals surface area contributed by atoms with E-state index in [1.54, 1.807) is 20.8 Å². The van der Waals surface area contributed by atoms with Gasteiger partial charge in [0.15, 0.2) is 6.23 Å². The number of nitrogens with zero attached hydrogens (tertiary/aromatic N) is 1. The van der Waals surface area contributed by atoms with Crippen LogP contribution in [0.15, 0.2) is 55.6 Å². The number of hydrogen-bond donors (Lipinski definition) is 0. The zero-order chi connectivity index (χ0) is 20.4. The molecule has 0 aliphatic heterocycles. The molecule has 1 rings (SSSR count). The van der Waals surface area contributed by atoms with Crippen molar-refractivity contribution in [2.45, 2.75) is 51.7 Å². The van der Waals surface area contributed by atoms with Gasteiger partial charge in [-0.25, -0.2) is 9.59 Å². The van der Waals surface area contributed by atoms with Crippen LogP contribution in [0.5, 0.6) is 0 Å². The molecule has 6 heteroatoms. The van der Waals surface area contributed by atoms with Gasteiger partial charge in [-0.1, -0.05) is 43.0 Å². The second kappa shape index (κ2) is 10.5. The number of esters is 1. The van der Waals surface area contributed by atoms with E-state index in [2.05, 4.69) is 13.2 Å². The molecule has 0 spiro atoms. The minimum atomic E-state index is -0.943. The van der Waals surface area contributed by atoms with E-state index in [1.807, 2.05) is 30.3 Å². The minimum absolute atomic E-state index is 0.185. The Balaban J connectivity index is 3.14. The fraction of sp³-hybridized carbons (Fsp3) is 0.429. The molecule has 0 heterocycles. The number of carbonyl (C=O) groups is 2. The first-order chi connectivity index (χ1) is 12.7. The summed E-state index contributed by atoms with van der Waals surface area (Å²) in [6.07, 6.45) is 1.59. The SMILES string of the molecule is C=CCC(C(=O)OC)N(C(=O)OC(C)(C)C)C(C=C)OCc1ccccc1. The van der Waals surface area contributed by atoms with Gasteiger partial charge in [-0.05, 0) is 38.8 Å². The van der Waals surface area contributed by atoms with Crippen molar-refractivity contribution in [2.75, 3.05) is 7.11 Å². The van der Waals surface area contributed by atoms with Gasteiger partial charge in [-0.15, -0.1) is 6.58 Å². The molecular weight excluding hydrogens is 346 g/mol. The molecule has 1 aromatic carbocycles. The Hall–Kier alpha value is -2.60. The van der Waals surface area contributed by atoms with Crippen LogP contribution >= 0.6 is 0 Å². The van der Waals surface area contributed by atoms with Gasteiger partial charge >= 0.3 is 12.1 Å². The summed E-state index contributed by atoms with van der Waals surface area (Å²) in [5.74, 6) is -0.587. The number of methoxy groups -OCH3 is 1. The summed E-state index contributed by atoms with van der Waals surface area (Å²) in [5, 5.41) is 0. The van der Waals surface area contributed by atoms with Crippen molar-refractivity contribution in [2.24, 2.45) is 0 Å². The molecule has 0 aliphatic carbocycles. The Morgan fingerprint density at radius 1 is 1.19 bits per heavy atom. The number of ether oxygens (including phenoxy) is 3. The van der Waals surface area contributed by atoms with E-state index < -0.39 is 29.9 Å². The maximum Gasteiger partial charge on any atom is 0.413 e. The first-order valence-corrected chi connectivity index (χ1v) is 8.71. The largest absolute Gasteiger partial charge is 0.467 e. The Labute approximate surface area is 161 Å². The normalized spacial score (nSPS) is 13.2. The van der Waals surface area contributed by atoms with Gasteiger partial charge < -0.3 is 14.2 Å². The Morgan fingerprint density at radius 3 is 2.30 bits per heavy atom. The van der Waals surface area contributed by atoms with Crippen LogP contribution in [-0.4, -0.2) is 41.9 Å². The third-order valence-corrected chi connectivity index (χ3v) is 3.54. The van der Waals surface area contributed by atoms with Crippen LogP contribution in [-0.2, 0) is 25.6 Å². The lowest BCUT2D eigenvalue weighted by Crippen LogP contribution is -2.52. The third kappa shape index (κ3) is 7.27. The topological polar surface area (TPSA) is 65.1 Å². The van der Waals surface area contributed by atoms with E-state index in [1.165, 1.54) is 24.2 Å². The molecular formula is C21H29NO5. The quantitative estimate of drug-likeness (QED) is 0.370. The predicted octanol–water partition coefficient (Wildman–Crippen LogP) is 4.07. The van der Waals surface area contributed by atoms with Gasteiger partial charge in [0, 0.05) is 0 Å². The van der Waals surface area contributed by atoms with Crippen molar-refractivity contribution < 1.29 is 23.8 Å². The van der Waals surface area contributed by atoms with E-state index >= 15 is 0 Å². The molecule has 1 amide bonds. The smallest absolute Gasteiger partial charge is 0.413 e. The summed E-state index contributed by atoms with van der Waals surface area (Å²) in [6, 6.07) is 8.54. The highest BCUT2D eigenvalue weighted by atomic mass is 16.6. The van der Waals surface area contributed by atoms with Gasteiger partial charge in [0.25, 0.3) is 0 Å². The van der Waals surface area contributed by atoms with Crippen LogP contribution < -0.4 is 0 Å². The zero-order valence-electron chi connectivity index (χ0n) is 16.5. The van der Waals surface area contributed by atoms with Gasteiger partial charge in [0.05, 0.1) is 13.7 Å². The zero-order valence-corrected chi connectivity index (χ0v) is 16.5. The molecule has 27 heavy (non-hydrogen) atoms.